The van der Waals surface area contributed by atoms with Gasteiger partial charge in [-0.15, -0.1) is 0 Å². The van der Waals surface area contributed by atoms with E-state index in [0.29, 0.717) is 0 Å². The zero-order chi connectivity index (χ0) is 39.7. The minimum atomic E-state index is -0.568. The first kappa shape index (κ1) is 33.7. The van der Waals surface area contributed by atoms with Crippen LogP contribution in [-0.2, 0) is 10.8 Å². The Labute approximate surface area is 350 Å². The van der Waals surface area contributed by atoms with Gasteiger partial charge in [0.1, 0.15) is 0 Å². The number of benzene rings is 11. The van der Waals surface area contributed by atoms with E-state index in [0.717, 1.165) is 0 Å². The highest BCUT2D eigenvalue weighted by atomic mass is 14.5. The van der Waals surface area contributed by atoms with Gasteiger partial charge in [-0.1, -0.05) is 196 Å². The van der Waals surface area contributed by atoms with Gasteiger partial charge >= 0.3 is 0 Å². The number of hydrogen-bond donors (Lipinski definition) is 0. The second kappa shape index (κ2) is 12.1. The van der Waals surface area contributed by atoms with Gasteiger partial charge in [-0.25, -0.2) is 0 Å². The van der Waals surface area contributed by atoms with E-state index in [2.05, 4.69) is 220 Å². The molecule has 0 saturated heterocycles. The van der Waals surface area contributed by atoms with Crippen LogP contribution in [0.15, 0.2) is 206 Å². The van der Waals surface area contributed by atoms with E-state index in [4.69, 9.17) is 0 Å². The SMILES string of the molecule is CC1(C)c2ccccc2C2(c3cc(-c4cc5ccccc5c5ccccc45)ccc3-c3c2cc(-c2cc4ccccc4c4ccccc24)c2ccccc32)c2ccccc21. The van der Waals surface area contributed by atoms with Crippen molar-refractivity contribution in [1.29, 1.82) is 0 Å². The molecule has 60 heavy (non-hydrogen) atoms. The molecule has 0 atom stereocenters. The normalized spacial score (nSPS) is 14.4. The summed E-state index contributed by atoms with van der Waals surface area (Å²) in [5.74, 6) is 0. The highest BCUT2D eigenvalue weighted by molar-refractivity contribution is 6.19. The molecule has 0 aliphatic heterocycles. The molecule has 0 aromatic heterocycles. The third-order valence-corrected chi connectivity index (χ3v) is 14.3. The molecule has 0 amide bonds. The molecule has 280 valence electrons. The van der Waals surface area contributed by atoms with Crippen LogP contribution >= 0.6 is 0 Å². The molecule has 0 radical (unpaired) electrons. The van der Waals surface area contributed by atoms with E-state index >= 15 is 0 Å². The van der Waals surface area contributed by atoms with Crippen LogP contribution < -0.4 is 0 Å². The molecule has 0 heteroatoms. The van der Waals surface area contributed by atoms with Crippen molar-refractivity contribution in [3.05, 3.63) is 240 Å². The van der Waals surface area contributed by atoms with Crippen molar-refractivity contribution in [2.24, 2.45) is 0 Å². The highest BCUT2D eigenvalue weighted by Crippen LogP contribution is 2.64. The quantitative estimate of drug-likeness (QED) is 0.154. The van der Waals surface area contributed by atoms with Gasteiger partial charge in [-0.3, -0.25) is 0 Å². The van der Waals surface area contributed by atoms with E-state index in [-0.39, 0.29) is 5.41 Å². The van der Waals surface area contributed by atoms with E-state index in [9.17, 15) is 0 Å². The van der Waals surface area contributed by atoms with Crippen LogP contribution in [0.3, 0.4) is 0 Å². The van der Waals surface area contributed by atoms with E-state index < -0.39 is 5.41 Å². The van der Waals surface area contributed by atoms with Crippen LogP contribution in [0.25, 0.3) is 87.2 Å². The molecule has 0 nitrogen and oxygen atoms in total. The molecule has 0 heterocycles. The Hall–Kier alpha value is -7.28. The first-order valence-electron chi connectivity index (χ1n) is 21.3. The molecule has 0 bridgehead atoms. The van der Waals surface area contributed by atoms with Crippen LogP contribution in [0.4, 0.5) is 0 Å². The fraction of sp³-hybridized carbons (Fsp3) is 0.0667. The fourth-order valence-corrected chi connectivity index (χ4v) is 11.7. The Morgan fingerprint density at radius 2 is 0.683 bits per heavy atom. The van der Waals surface area contributed by atoms with Crippen molar-refractivity contribution in [2.45, 2.75) is 24.7 Å². The van der Waals surface area contributed by atoms with Gasteiger partial charge in [0.15, 0.2) is 0 Å². The zero-order valence-corrected chi connectivity index (χ0v) is 33.6. The van der Waals surface area contributed by atoms with Crippen LogP contribution in [-0.4, -0.2) is 0 Å². The lowest BCUT2D eigenvalue weighted by Crippen LogP contribution is -2.40. The predicted molar refractivity (Wildman–Crippen MR) is 254 cm³/mol. The van der Waals surface area contributed by atoms with Crippen molar-refractivity contribution in [3.63, 3.8) is 0 Å². The minimum absolute atomic E-state index is 0.193. The monoisotopic (exact) mass is 760 g/mol. The number of hydrogen-bond acceptors (Lipinski definition) is 0. The smallest absolute Gasteiger partial charge is 0.0619 e. The maximum atomic E-state index is 2.60. The summed E-state index contributed by atoms with van der Waals surface area (Å²) in [6.45, 7) is 4.83. The Kier molecular flexibility index (Phi) is 6.81. The van der Waals surface area contributed by atoms with Gasteiger partial charge in [-0.2, -0.15) is 0 Å². The average molecular weight is 761 g/mol. The van der Waals surface area contributed by atoms with Crippen molar-refractivity contribution >= 4 is 53.9 Å². The maximum Gasteiger partial charge on any atom is 0.0720 e. The molecule has 11 aromatic rings. The Morgan fingerprint density at radius 1 is 0.267 bits per heavy atom. The van der Waals surface area contributed by atoms with Crippen LogP contribution in [0.2, 0.25) is 0 Å². The summed E-state index contributed by atoms with van der Waals surface area (Å²) < 4.78 is 0. The van der Waals surface area contributed by atoms with Crippen molar-refractivity contribution in [3.8, 4) is 33.4 Å². The Morgan fingerprint density at radius 3 is 1.27 bits per heavy atom. The molecular formula is C60H40. The summed E-state index contributed by atoms with van der Waals surface area (Å²) in [6, 6.07) is 78.3. The largest absolute Gasteiger partial charge is 0.0720 e. The van der Waals surface area contributed by atoms with Gasteiger partial charge in [-0.05, 0) is 145 Å². The van der Waals surface area contributed by atoms with Gasteiger partial charge in [0, 0.05) is 5.41 Å². The molecule has 0 saturated carbocycles. The Balaban J connectivity index is 1.21. The van der Waals surface area contributed by atoms with Crippen LogP contribution in [0.5, 0.6) is 0 Å². The highest BCUT2D eigenvalue weighted by Gasteiger charge is 2.54. The predicted octanol–water partition coefficient (Wildman–Crippen LogP) is 15.8. The van der Waals surface area contributed by atoms with E-state index in [1.807, 2.05) is 0 Å². The van der Waals surface area contributed by atoms with E-state index in [1.54, 1.807) is 0 Å². The molecule has 11 aromatic carbocycles. The summed E-state index contributed by atoms with van der Waals surface area (Å²) in [5.41, 5.74) is 15.2. The lowest BCUT2D eigenvalue weighted by atomic mass is 9.55. The first-order chi connectivity index (χ1) is 29.5. The van der Waals surface area contributed by atoms with Gasteiger partial charge in [0.25, 0.3) is 0 Å². The Bertz CT molecular complexity index is 3590. The molecule has 1 spiro atoms. The molecule has 2 aliphatic carbocycles. The second-order valence-corrected chi connectivity index (χ2v) is 17.5. The molecular weight excluding hydrogens is 721 g/mol. The van der Waals surface area contributed by atoms with Gasteiger partial charge < -0.3 is 0 Å². The average Bonchev–Trinajstić information content (AvgIpc) is 3.60. The number of rotatable bonds is 2. The lowest BCUT2D eigenvalue weighted by molar-refractivity contribution is 0.563. The first-order valence-corrected chi connectivity index (χ1v) is 21.3. The second-order valence-electron chi connectivity index (χ2n) is 17.5. The van der Waals surface area contributed by atoms with Crippen molar-refractivity contribution < 1.29 is 0 Å². The standard InChI is InChI=1S/C60H40/c1-59(2)52-27-13-15-29-54(52)60(55-30-16-14-28-53(55)59)56-35-39(49-33-37-17-3-5-19-40(37)42-21-7-9-23-44(42)49)31-32-48(56)58-47-26-12-11-25-46(47)51(36-57(58)60)50-34-38-18-4-6-20-41(38)43-22-8-10-24-45(43)50/h3-36H,1-2H3. The number of fused-ring (bicyclic) bond motifs is 17. The summed E-state index contributed by atoms with van der Waals surface area (Å²) in [5, 5.41) is 12.8. The molecule has 0 fully saturated rings. The van der Waals surface area contributed by atoms with E-state index in [1.165, 1.54) is 121 Å². The lowest BCUT2D eigenvalue weighted by Gasteiger charge is -2.46. The van der Waals surface area contributed by atoms with Gasteiger partial charge in [0.05, 0.1) is 5.41 Å². The summed E-state index contributed by atoms with van der Waals surface area (Å²) in [4.78, 5) is 0. The van der Waals surface area contributed by atoms with Gasteiger partial charge in [0.2, 0.25) is 0 Å². The third-order valence-electron chi connectivity index (χ3n) is 14.3. The molecule has 13 rings (SSSR count). The molecule has 0 N–H and O–H groups in total. The van der Waals surface area contributed by atoms with Crippen molar-refractivity contribution in [1.82, 2.24) is 0 Å². The molecule has 0 unspecified atom stereocenters. The topological polar surface area (TPSA) is 0 Å². The third kappa shape index (κ3) is 4.30. The summed E-state index contributed by atoms with van der Waals surface area (Å²) >= 11 is 0. The summed E-state index contributed by atoms with van der Waals surface area (Å²) in [6.07, 6.45) is 0. The van der Waals surface area contributed by atoms with Crippen LogP contribution in [0.1, 0.15) is 47.2 Å². The van der Waals surface area contributed by atoms with Crippen LogP contribution in [0, 0.1) is 0 Å². The van der Waals surface area contributed by atoms with Crippen molar-refractivity contribution in [2.75, 3.05) is 0 Å². The zero-order valence-electron chi connectivity index (χ0n) is 33.6. The minimum Gasteiger partial charge on any atom is -0.0619 e. The fourth-order valence-electron chi connectivity index (χ4n) is 11.7. The molecule has 2 aliphatic rings. The maximum absolute atomic E-state index is 2.60. The summed E-state index contributed by atoms with van der Waals surface area (Å²) in [7, 11) is 0.